The van der Waals surface area contributed by atoms with Gasteiger partial charge in [0, 0.05) is 11.8 Å². The van der Waals surface area contributed by atoms with E-state index in [9.17, 15) is 14.7 Å². The van der Waals surface area contributed by atoms with Crippen LogP contribution in [0.3, 0.4) is 0 Å². The van der Waals surface area contributed by atoms with Crippen LogP contribution in [0.25, 0.3) is 0 Å². The van der Waals surface area contributed by atoms with E-state index < -0.39 is 28.2 Å². The summed E-state index contributed by atoms with van der Waals surface area (Å²) in [6.07, 6.45) is 2.91. The van der Waals surface area contributed by atoms with Crippen molar-refractivity contribution in [3.63, 3.8) is 0 Å². The first-order chi connectivity index (χ1) is 10.0. The highest BCUT2D eigenvalue weighted by Crippen LogP contribution is 2.75. The fourth-order valence-corrected chi connectivity index (χ4v) is 3.86. The molecule has 1 fully saturated rings. The number of aliphatic carboxylic acids is 1. The standard InChI is InChI=1S/C18H28O4/c1-7-8-9-12-22-14(19)11-10-13-17(5,6)18(13,15(20)21)16(2,3)4/h13H,7-9,12H2,1-6H3,(H,20,21)/t13-,18+/m0/s1. The molecule has 0 heterocycles. The van der Waals surface area contributed by atoms with E-state index in [1.165, 1.54) is 0 Å². The Hall–Kier alpha value is -1.50. The fourth-order valence-electron chi connectivity index (χ4n) is 3.86. The first-order valence-electron chi connectivity index (χ1n) is 7.95. The van der Waals surface area contributed by atoms with Crippen LogP contribution in [0.1, 0.15) is 60.8 Å². The van der Waals surface area contributed by atoms with Crippen molar-refractivity contribution in [1.82, 2.24) is 0 Å². The van der Waals surface area contributed by atoms with Gasteiger partial charge in [-0.3, -0.25) is 4.79 Å². The van der Waals surface area contributed by atoms with Crippen LogP contribution in [-0.4, -0.2) is 23.7 Å². The van der Waals surface area contributed by atoms with Crippen LogP contribution in [0.5, 0.6) is 0 Å². The molecule has 4 nitrogen and oxygen atoms in total. The van der Waals surface area contributed by atoms with Gasteiger partial charge in [-0.05, 0) is 17.3 Å². The fraction of sp³-hybridized carbons (Fsp3) is 0.778. The van der Waals surface area contributed by atoms with Gasteiger partial charge in [-0.25, -0.2) is 4.79 Å². The second kappa shape index (κ2) is 6.32. The van der Waals surface area contributed by atoms with Crippen molar-refractivity contribution < 1.29 is 19.4 Å². The van der Waals surface area contributed by atoms with E-state index in [0.717, 1.165) is 19.3 Å². The Kier molecular flexibility index (Phi) is 5.33. The van der Waals surface area contributed by atoms with Gasteiger partial charge in [-0.1, -0.05) is 60.3 Å². The minimum atomic E-state index is -0.935. The molecule has 0 bridgehead atoms. The third kappa shape index (κ3) is 2.99. The molecule has 1 saturated carbocycles. The van der Waals surface area contributed by atoms with Crippen LogP contribution in [0.2, 0.25) is 0 Å². The number of carboxylic acid groups (broad SMARTS) is 1. The minimum absolute atomic E-state index is 0.347. The van der Waals surface area contributed by atoms with Crippen molar-refractivity contribution in [2.75, 3.05) is 6.61 Å². The van der Waals surface area contributed by atoms with Crippen LogP contribution >= 0.6 is 0 Å². The molecule has 124 valence electrons. The van der Waals surface area contributed by atoms with Crippen molar-refractivity contribution >= 4 is 11.9 Å². The van der Waals surface area contributed by atoms with Gasteiger partial charge in [-0.2, -0.15) is 0 Å². The Morgan fingerprint density at radius 2 is 1.82 bits per heavy atom. The Bertz CT molecular complexity index is 501. The van der Waals surface area contributed by atoms with Gasteiger partial charge in [0.05, 0.1) is 12.0 Å². The van der Waals surface area contributed by atoms with Gasteiger partial charge in [0.15, 0.2) is 0 Å². The molecule has 4 heteroatoms. The summed E-state index contributed by atoms with van der Waals surface area (Å²) in [5.74, 6) is 3.59. The SMILES string of the molecule is CCCCCOC(=O)C#C[C@H]1C(C)(C)[C@]1(C(=O)O)C(C)(C)C. The molecule has 1 aliphatic carbocycles. The van der Waals surface area contributed by atoms with Gasteiger partial charge >= 0.3 is 11.9 Å². The number of rotatable bonds is 5. The molecule has 0 aromatic heterocycles. The summed E-state index contributed by atoms with van der Waals surface area (Å²) >= 11 is 0. The van der Waals surface area contributed by atoms with Crippen LogP contribution in [0.15, 0.2) is 0 Å². The smallest absolute Gasteiger partial charge is 0.384 e. The van der Waals surface area contributed by atoms with Gasteiger partial charge in [0.1, 0.15) is 0 Å². The first kappa shape index (κ1) is 18.5. The molecule has 2 atom stereocenters. The average molecular weight is 308 g/mol. The molecule has 1 rings (SSSR count). The lowest BCUT2D eigenvalue weighted by Gasteiger charge is -2.30. The molecule has 1 N–H and O–H groups in total. The Balaban J connectivity index is 2.81. The molecule has 0 unspecified atom stereocenters. The second-order valence-electron chi connectivity index (χ2n) is 7.63. The molecule has 0 radical (unpaired) electrons. The summed E-state index contributed by atoms with van der Waals surface area (Å²) in [5.41, 5.74) is -1.84. The number of unbranched alkanes of at least 4 members (excludes halogenated alkanes) is 2. The van der Waals surface area contributed by atoms with Crippen molar-refractivity contribution in [3.8, 4) is 11.8 Å². The largest absolute Gasteiger partial charge is 0.481 e. The number of carboxylic acids is 1. The number of carbonyl (C=O) groups is 2. The first-order valence-corrected chi connectivity index (χ1v) is 7.95. The molecular formula is C18H28O4. The predicted octanol–water partition coefficient (Wildman–Crippen LogP) is 3.50. The average Bonchev–Trinajstić information content (AvgIpc) is 2.89. The van der Waals surface area contributed by atoms with Crippen molar-refractivity contribution in [2.45, 2.75) is 60.8 Å². The second-order valence-corrected chi connectivity index (χ2v) is 7.63. The van der Waals surface area contributed by atoms with Crippen molar-refractivity contribution in [3.05, 3.63) is 0 Å². The van der Waals surface area contributed by atoms with Gasteiger partial charge in [0.2, 0.25) is 0 Å². The Morgan fingerprint density at radius 3 is 2.23 bits per heavy atom. The summed E-state index contributed by atoms with van der Waals surface area (Å²) in [6, 6.07) is 0. The zero-order chi connectivity index (χ0) is 17.2. The molecule has 22 heavy (non-hydrogen) atoms. The lowest BCUT2D eigenvalue weighted by molar-refractivity contribution is -0.150. The third-order valence-electron chi connectivity index (χ3n) is 4.91. The highest BCUT2D eigenvalue weighted by atomic mass is 16.5. The number of hydrogen-bond donors (Lipinski definition) is 1. The number of ether oxygens (including phenoxy) is 1. The number of carbonyl (C=O) groups excluding carboxylic acids is 1. The molecule has 0 amide bonds. The van der Waals surface area contributed by atoms with Crippen LogP contribution in [0.4, 0.5) is 0 Å². The third-order valence-corrected chi connectivity index (χ3v) is 4.91. The summed E-state index contributed by atoms with van der Waals surface area (Å²) in [5, 5.41) is 9.73. The monoisotopic (exact) mass is 308 g/mol. The highest BCUT2D eigenvalue weighted by molar-refractivity contribution is 5.90. The van der Waals surface area contributed by atoms with E-state index >= 15 is 0 Å². The van der Waals surface area contributed by atoms with Crippen LogP contribution in [0, 0.1) is 34.0 Å². The topological polar surface area (TPSA) is 63.6 Å². The van der Waals surface area contributed by atoms with E-state index in [1.807, 2.05) is 34.6 Å². The summed E-state index contributed by atoms with van der Waals surface area (Å²) in [7, 11) is 0. The van der Waals surface area contributed by atoms with E-state index in [2.05, 4.69) is 18.8 Å². The molecule has 0 aromatic carbocycles. The molecule has 0 aliphatic heterocycles. The summed E-state index contributed by atoms with van der Waals surface area (Å²) < 4.78 is 5.04. The normalized spacial score (nSPS) is 25.8. The van der Waals surface area contributed by atoms with E-state index in [0.29, 0.717) is 6.61 Å². The summed E-state index contributed by atoms with van der Waals surface area (Å²) in [4.78, 5) is 23.5. The number of esters is 1. The molecule has 0 saturated heterocycles. The van der Waals surface area contributed by atoms with Crippen LogP contribution in [-0.2, 0) is 14.3 Å². The van der Waals surface area contributed by atoms with E-state index in [-0.39, 0.29) is 5.92 Å². The Labute approximate surface area is 133 Å². The van der Waals surface area contributed by atoms with Gasteiger partial charge in [0.25, 0.3) is 0 Å². The molecule has 0 aromatic rings. The van der Waals surface area contributed by atoms with Gasteiger partial charge in [-0.15, -0.1) is 0 Å². The predicted molar refractivity (Wildman–Crippen MR) is 85.1 cm³/mol. The molecular weight excluding hydrogens is 280 g/mol. The maximum atomic E-state index is 11.9. The van der Waals surface area contributed by atoms with Crippen LogP contribution < -0.4 is 0 Å². The molecule has 1 aliphatic rings. The lowest BCUT2D eigenvalue weighted by Crippen LogP contribution is -2.35. The van der Waals surface area contributed by atoms with E-state index in [4.69, 9.17) is 4.74 Å². The minimum Gasteiger partial charge on any atom is -0.481 e. The highest BCUT2D eigenvalue weighted by Gasteiger charge is 2.80. The van der Waals surface area contributed by atoms with Gasteiger partial charge < -0.3 is 9.84 Å². The van der Waals surface area contributed by atoms with Crippen molar-refractivity contribution in [1.29, 1.82) is 0 Å². The lowest BCUT2D eigenvalue weighted by atomic mass is 9.72. The zero-order valence-electron chi connectivity index (χ0n) is 14.6. The van der Waals surface area contributed by atoms with Crippen molar-refractivity contribution in [2.24, 2.45) is 22.2 Å². The summed E-state index contributed by atoms with van der Waals surface area (Å²) in [6.45, 7) is 12.0. The number of hydrogen-bond acceptors (Lipinski definition) is 3. The maximum Gasteiger partial charge on any atom is 0.384 e. The quantitative estimate of drug-likeness (QED) is 0.365. The van der Waals surface area contributed by atoms with E-state index in [1.54, 1.807) is 0 Å². The zero-order valence-corrected chi connectivity index (χ0v) is 14.6. The molecule has 0 spiro atoms. The Morgan fingerprint density at radius 1 is 1.23 bits per heavy atom. The maximum absolute atomic E-state index is 11.9.